The largest absolute Gasteiger partial charge is 0.468 e. The monoisotopic (exact) mass is 459 g/mol. The summed E-state index contributed by atoms with van der Waals surface area (Å²) in [6, 6.07) is 13.5. The lowest BCUT2D eigenvalue weighted by Gasteiger charge is -2.08. The summed E-state index contributed by atoms with van der Waals surface area (Å²) in [5, 5.41) is 8.74. The normalized spacial score (nSPS) is 10.4. The molecular weight excluding hydrogens is 442 g/mol. The zero-order chi connectivity index (χ0) is 22.4. The Morgan fingerprint density at radius 2 is 1.61 bits per heavy atom. The molecule has 0 saturated heterocycles. The van der Waals surface area contributed by atoms with Crippen LogP contribution in [0.5, 0.6) is 0 Å². The van der Waals surface area contributed by atoms with Gasteiger partial charge in [-0.05, 0) is 30.3 Å². The van der Waals surface area contributed by atoms with Gasteiger partial charge in [0.05, 0.1) is 18.7 Å². The first-order valence-corrected chi connectivity index (χ1v) is 10.3. The number of hydrogen-bond acceptors (Lipinski definition) is 6. The van der Waals surface area contributed by atoms with Gasteiger partial charge in [0.2, 0.25) is 5.91 Å². The highest BCUT2D eigenvalue weighted by molar-refractivity contribution is 7.21. The van der Waals surface area contributed by atoms with Crippen LogP contribution in [0.1, 0.15) is 20.0 Å². The number of ether oxygens (including phenoxy) is 1. The van der Waals surface area contributed by atoms with Gasteiger partial charge in [-0.1, -0.05) is 29.8 Å². The molecule has 8 nitrogen and oxygen atoms in total. The highest BCUT2D eigenvalue weighted by Gasteiger charge is 2.17. The summed E-state index contributed by atoms with van der Waals surface area (Å²) in [5.74, 6) is -1.88. The quantitative estimate of drug-likeness (QED) is 0.470. The highest BCUT2D eigenvalue weighted by atomic mass is 35.5. The van der Waals surface area contributed by atoms with Gasteiger partial charge >= 0.3 is 5.97 Å². The Morgan fingerprint density at radius 1 is 0.935 bits per heavy atom. The lowest BCUT2D eigenvalue weighted by atomic mass is 10.2. The Balaban J connectivity index is 1.52. The zero-order valence-corrected chi connectivity index (χ0v) is 17.9. The molecule has 0 atom stereocenters. The Hall–Kier alpha value is -3.43. The second kappa shape index (κ2) is 10.1. The first kappa shape index (κ1) is 22.3. The molecule has 0 radical (unpaired) electrons. The number of esters is 1. The van der Waals surface area contributed by atoms with Crippen LogP contribution >= 0.6 is 22.9 Å². The van der Waals surface area contributed by atoms with Crippen LogP contribution in [-0.4, -0.2) is 43.9 Å². The Bertz CT molecular complexity index is 1140. The molecule has 0 bridgehead atoms. The molecule has 1 aromatic heterocycles. The van der Waals surface area contributed by atoms with E-state index in [9.17, 15) is 19.2 Å². The van der Waals surface area contributed by atoms with Gasteiger partial charge in [-0.25, -0.2) is 0 Å². The molecule has 2 aromatic carbocycles. The minimum Gasteiger partial charge on any atom is -0.468 e. The molecule has 3 aromatic rings. The van der Waals surface area contributed by atoms with Crippen LogP contribution in [0.3, 0.4) is 0 Å². The fraction of sp³-hybridized carbons (Fsp3) is 0.143. The Labute approximate surface area is 186 Å². The van der Waals surface area contributed by atoms with Crippen molar-refractivity contribution in [3.63, 3.8) is 0 Å². The van der Waals surface area contributed by atoms with E-state index in [2.05, 4.69) is 20.7 Å². The highest BCUT2D eigenvalue weighted by Crippen LogP contribution is 2.34. The molecule has 160 valence electrons. The summed E-state index contributed by atoms with van der Waals surface area (Å²) in [6.07, 6.45) is 0. The third-order valence-corrected chi connectivity index (χ3v) is 5.88. The van der Waals surface area contributed by atoms with Crippen molar-refractivity contribution in [3.05, 3.63) is 64.0 Å². The summed E-state index contributed by atoms with van der Waals surface area (Å²) < 4.78 is 5.34. The van der Waals surface area contributed by atoms with Gasteiger partial charge in [-0.3, -0.25) is 19.2 Å². The van der Waals surface area contributed by atoms with E-state index in [4.69, 9.17) is 11.6 Å². The van der Waals surface area contributed by atoms with Gasteiger partial charge < -0.3 is 20.7 Å². The SMILES string of the molecule is COC(=O)CNC(=O)c1ccc(NC(=O)CNC(=O)c2sc3ccccc3c2Cl)cc1. The molecule has 3 rings (SSSR count). The van der Waals surface area contributed by atoms with Gasteiger partial charge in [0.25, 0.3) is 11.8 Å². The smallest absolute Gasteiger partial charge is 0.325 e. The second-order valence-corrected chi connectivity index (χ2v) is 7.74. The molecule has 3 N–H and O–H groups in total. The molecule has 10 heteroatoms. The predicted octanol–water partition coefficient (Wildman–Crippen LogP) is 2.83. The van der Waals surface area contributed by atoms with Crippen LogP contribution in [0, 0.1) is 0 Å². The number of nitrogens with one attached hydrogen (secondary N) is 3. The maximum atomic E-state index is 12.4. The molecule has 0 unspecified atom stereocenters. The van der Waals surface area contributed by atoms with Crippen molar-refractivity contribution >= 4 is 62.4 Å². The van der Waals surface area contributed by atoms with Gasteiger partial charge in [0.15, 0.2) is 0 Å². The van der Waals surface area contributed by atoms with Crippen LogP contribution in [-0.2, 0) is 14.3 Å². The van der Waals surface area contributed by atoms with Crippen molar-refractivity contribution in [2.24, 2.45) is 0 Å². The summed E-state index contributed by atoms with van der Waals surface area (Å²) in [7, 11) is 1.23. The molecular formula is C21H18ClN3O5S. The van der Waals surface area contributed by atoms with Gasteiger partial charge in [0.1, 0.15) is 11.4 Å². The summed E-state index contributed by atoms with van der Waals surface area (Å²) >= 11 is 7.53. The van der Waals surface area contributed by atoms with Crippen molar-refractivity contribution in [1.82, 2.24) is 10.6 Å². The topological polar surface area (TPSA) is 114 Å². The minimum atomic E-state index is -0.559. The Morgan fingerprint density at radius 3 is 2.29 bits per heavy atom. The molecule has 3 amide bonds. The molecule has 0 aliphatic heterocycles. The maximum absolute atomic E-state index is 12.4. The first-order chi connectivity index (χ1) is 14.9. The van der Waals surface area contributed by atoms with Gasteiger partial charge in [-0.15, -0.1) is 11.3 Å². The molecule has 0 spiro atoms. The summed E-state index contributed by atoms with van der Waals surface area (Å²) in [4.78, 5) is 47.9. The lowest BCUT2D eigenvalue weighted by Crippen LogP contribution is -2.32. The van der Waals surface area contributed by atoms with E-state index in [0.717, 1.165) is 10.1 Å². The van der Waals surface area contributed by atoms with Crippen molar-refractivity contribution in [2.75, 3.05) is 25.5 Å². The standard InChI is InChI=1S/C21H18ClN3O5S/c1-30-17(27)11-24-20(28)12-6-8-13(9-7-12)25-16(26)10-23-21(29)19-18(22)14-4-2-3-5-15(14)31-19/h2-9H,10-11H2,1H3,(H,23,29)(H,24,28)(H,25,26). The number of hydrogen-bond donors (Lipinski definition) is 3. The van der Waals surface area contributed by atoms with E-state index in [0.29, 0.717) is 21.2 Å². The van der Waals surface area contributed by atoms with E-state index < -0.39 is 23.7 Å². The molecule has 0 saturated carbocycles. The number of carbonyl (C=O) groups is 4. The number of thiophene rings is 1. The van der Waals surface area contributed by atoms with E-state index in [-0.39, 0.29) is 13.1 Å². The molecule has 31 heavy (non-hydrogen) atoms. The number of rotatable bonds is 7. The summed E-state index contributed by atoms with van der Waals surface area (Å²) in [5.41, 5.74) is 0.762. The zero-order valence-electron chi connectivity index (χ0n) is 16.4. The van der Waals surface area contributed by atoms with Crippen molar-refractivity contribution in [2.45, 2.75) is 0 Å². The van der Waals surface area contributed by atoms with E-state index >= 15 is 0 Å². The van der Waals surface area contributed by atoms with E-state index in [1.807, 2.05) is 24.3 Å². The number of halogens is 1. The van der Waals surface area contributed by atoms with Gasteiger partial charge in [0, 0.05) is 21.3 Å². The summed E-state index contributed by atoms with van der Waals surface area (Å²) in [6.45, 7) is -0.484. The number of carbonyl (C=O) groups excluding carboxylic acids is 4. The lowest BCUT2D eigenvalue weighted by molar-refractivity contribution is -0.139. The fourth-order valence-electron chi connectivity index (χ4n) is 2.64. The third-order valence-electron chi connectivity index (χ3n) is 4.20. The van der Waals surface area contributed by atoms with Crippen LogP contribution in [0.25, 0.3) is 10.1 Å². The fourth-order valence-corrected chi connectivity index (χ4v) is 4.07. The minimum absolute atomic E-state index is 0.239. The number of benzene rings is 2. The van der Waals surface area contributed by atoms with E-state index in [1.54, 1.807) is 0 Å². The van der Waals surface area contributed by atoms with Crippen LogP contribution in [0.2, 0.25) is 5.02 Å². The van der Waals surface area contributed by atoms with E-state index in [1.165, 1.54) is 42.7 Å². The predicted molar refractivity (Wildman–Crippen MR) is 119 cm³/mol. The third kappa shape index (κ3) is 5.59. The van der Waals surface area contributed by atoms with Gasteiger partial charge in [-0.2, -0.15) is 0 Å². The van der Waals surface area contributed by atoms with Crippen LogP contribution < -0.4 is 16.0 Å². The van der Waals surface area contributed by atoms with Crippen molar-refractivity contribution in [3.8, 4) is 0 Å². The maximum Gasteiger partial charge on any atom is 0.325 e. The van der Waals surface area contributed by atoms with Crippen molar-refractivity contribution in [1.29, 1.82) is 0 Å². The van der Waals surface area contributed by atoms with Crippen LogP contribution in [0.4, 0.5) is 5.69 Å². The molecule has 0 aliphatic rings. The average molecular weight is 460 g/mol. The average Bonchev–Trinajstić information content (AvgIpc) is 3.12. The Kier molecular flexibility index (Phi) is 7.22. The number of methoxy groups -OCH3 is 1. The molecule has 1 heterocycles. The second-order valence-electron chi connectivity index (χ2n) is 6.31. The number of fused-ring (bicyclic) bond motifs is 1. The number of amides is 3. The molecule has 0 fully saturated rings. The van der Waals surface area contributed by atoms with Crippen LogP contribution in [0.15, 0.2) is 48.5 Å². The van der Waals surface area contributed by atoms with Crippen molar-refractivity contribution < 1.29 is 23.9 Å². The first-order valence-electron chi connectivity index (χ1n) is 9.09. The number of anilines is 1. The molecule has 0 aliphatic carbocycles.